The van der Waals surface area contributed by atoms with E-state index in [0.29, 0.717) is 23.3 Å². The summed E-state index contributed by atoms with van der Waals surface area (Å²) in [4.78, 5) is 7.09. The molecule has 0 atom stereocenters. The van der Waals surface area contributed by atoms with Gasteiger partial charge >= 0.3 is 0 Å². The summed E-state index contributed by atoms with van der Waals surface area (Å²) in [6.45, 7) is 3.00. The molecular weight excluding hydrogens is 430 g/mol. The van der Waals surface area contributed by atoms with Crippen molar-refractivity contribution in [1.82, 2.24) is 9.88 Å². The van der Waals surface area contributed by atoms with Gasteiger partial charge in [-0.25, -0.2) is 0 Å². The molecule has 4 rings (SSSR count). The Hall–Kier alpha value is -3.45. The van der Waals surface area contributed by atoms with E-state index in [1.807, 2.05) is 30.5 Å². The molecule has 7 nitrogen and oxygen atoms in total. The maximum Gasteiger partial charge on any atom is 0.203 e. The SMILES string of the molecule is COc1ccc(NC2CCN(Cc3ccnc(-c4cc(OC)c(OC)c(OC)c4)c3)CC2)cc1. The van der Waals surface area contributed by atoms with Crippen molar-refractivity contribution >= 4 is 5.69 Å². The zero-order chi connectivity index (χ0) is 23.9. The number of nitrogens with zero attached hydrogens (tertiary/aromatic N) is 2. The Morgan fingerprint density at radius 2 is 1.53 bits per heavy atom. The smallest absolute Gasteiger partial charge is 0.203 e. The zero-order valence-corrected chi connectivity index (χ0v) is 20.3. The summed E-state index contributed by atoms with van der Waals surface area (Å²) >= 11 is 0. The fourth-order valence-corrected chi connectivity index (χ4v) is 4.38. The molecule has 1 N–H and O–H groups in total. The van der Waals surface area contributed by atoms with Crippen molar-refractivity contribution in [2.45, 2.75) is 25.4 Å². The Morgan fingerprint density at radius 3 is 2.12 bits per heavy atom. The lowest BCUT2D eigenvalue weighted by atomic mass is 10.0. The molecule has 2 aromatic carbocycles. The molecule has 0 amide bonds. The molecule has 0 aliphatic carbocycles. The first-order chi connectivity index (χ1) is 16.6. The number of rotatable bonds is 9. The minimum absolute atomic E-state index is 0.483. The first-order valence-electron chi connectivity index (χ1n) is 11.5. The average Bonchev–Trinajstić information content (AvgIpc) is 2.89. The van der Waals surface area contributed by atoms with E-state index >= 15 is 0 Å². The van der Waals surface area contributed by atoms with Gasteiger partial charge in [0.2, 0.25) is 5.75 Å². The van der Waals surface area contributed by atoms with Crippen LogP contribution < -0.4 is 24.3 Å². The number of hydrogen-bond acceptors (Lipinski definition) is 7. The van der Waals surface area contributed by atoms with Crippen molar-refractivity contribution in [3.63, 3.8) is 0 Å². The number of pyridine rings is 1. The highest BCUT2D eigenvalue weighted by Crippen LogP contribution is 2.40. The Bertz CT molecular complexity index is 1050. The van der Waals surface area contributed by atoms with E-state index in [0.717, 1.165) is 55.2 Å². The number of benzene rings is 2. The van der Waals surface area contributed by atoms with E-state index in [-0.39, 0.29) is 0 Å². The van der Waals surface area contributed by atoms with Gasteiger partial charge in [0.25, 0.3) is 0 Å². The monoisotopic (exact) mass is 463 g/mol. The lowest BCUT2D eigenvalue weighted by molar-refractivity contribution is 0.211. The molecule has 0 unspecified atom stereocenters. The molecular formula is C27H33N3O4. The van der Waals surface area contributed by atoms with Gasteiger partial charge in [-0.1, -0.05) is 0 Å². The molecule has 1 aromatic heterocycles. The molecule has 7 heteroatoms. The van der Waals surface area contributed by atoms with Gasteiger partial charge in [0.05, 0.1) is 34.1 Å². The van der Waals surface area contributed by atoms with Crippen molar-refractivity contribution in [3.05, 3.63) is 60.3 Å². The van der Waals surface area contributed by atoms with Gasteiger partial charge in [0.1, 0.15) is 5.75 Å². The number of piperidine rings is 1. The van der Waals surface area contributed by atoms with Gasteiger partial charge < -0.3 is 24.3 Å². The van der Waals surface area contributed by atoms with Crippen LogP contribution >= 0.6 is 0 Å². The standard InChI is InChI=1S/C27H33N3O4/c1-31-23-7-5-21(6-8-23)29-22-10-13-30(14-11-22)18-19-9-12-28-24(15-19)20-16-25(32-2)27(34-4)26(17-20)33-3/h5-9,12,15-17,22,29H,10-11,13-14,18H2,1-4H3. The number of ether oxygens (including phenoxy) is 4. The van der Waals surface area contributed by atoms with Gasteiger partial charge in [0, 0.05) is 43.1 Å². The van der Waals surface area contributed by atoms with Gasteiger partial charge in [-0.15, -0.1) is 0 Å². The molecule has 0 bridgehead atoms. The number of aromatic nitrogens is 1. The van der Waals surface area contributed by atoms with E-state index in [4.69, 9.17) is 18.9 Å². The van der Waals surface area contributed by atoms with E-state index in [2.05, 4.69) is 39.5 Å². The van der Waals surface area contributed by atoms with E-state index in [9.17, 15) is 0 Å². The highest BCUT2D eigenvalue weighted by atomic mass is 16.5. The average molecular weight is 464 g/mol. The van der Waals surface area contributed by atoms with Crippen LogP contribution in [0.2, 0.25) is 0 Å². The summed E-state index contributed by atoms with van der Waals surface area (Å²) in [6.07, 6.45) is 4.08. The number of methoxy groups -OCH3 is 4. The maximum absolute atomic E-state index is 5.50. The second kappa shape index (κ2) is 11.1. The van der Waals surface area contributed by atoms with Crippen LogP contribution in [0.1, 0.15) is 18.4 Å². The van der Waals surface area contributed by atoms with E-state index in [1.165, 1.54) is 5.56 Å². The fraction of sp³-hybridized carbons (Fsp3) is 0.370. The summed E-state index contributed by atoms with van der Waals surface area (Å²) in [5.41, 5.74) is 4.19. The van der Waals surface area contributed by atoms with Crippen LogP contribution in [0.15, 0.2) is 54.7 Å². The quantitative estimate of drug-likeness (QED) is 0.486. The second-order valence-corrected chi connectivity index (χ2v) is 8.39. The summed E-state index contributed by atoms with van der Waals surface area (Å²) in [6, 6.07) is 16.7. The maximum atomic E-state index is 5.50. The normalized spacial score (nSPS) is 14.5. The first-order valence-corrected chi connectivity index (χ1v) is 11.5. The number of nitrogens with one attached hydrogen (secondary N) is 1. The second-order valence-electron chi connectivity index (χ2n) is 8.39. The van der Waals surface area contributed by atoms with Crippen LogP contribution in [0.3, 0.4) is 0 Å². The molecule has 0 spiro atoms. The third kappa shape index (κ3) is 5.54. The van der Waals surface area contributed by atoms with E-state index < -0.39 is 0 Å². The van der Waals surface area contributed by atoms with Crippen LogP contribution in [0, 0.1) is 0 Å². The summed E-state index contributed by atoms with van der Waals surface area (Å²) in [7, 11) is 6.54. The minimum Gasteiger partial charge on any atom is -0.497 e. The fourth-order valence-electron chi connectivity index (χ4n) is 4.38. The summed E-state index contributed by atoms with van der Waals surface area (Å²) < 4.78 is 21.7. The summed E-state index contributed by atoms with van der Waals surface area (Å²) in [5, 5.41) is 3.65. The zero-order valence-electron chi connectivity index (χ0n) is 20.3. The molecule has 1 fully saturated rings. The molecule has 180 valence electrons. The Kier molecular flexibility index (Phi) is 7.75. The molecule has 0 radical (unpaired) electrons. The van der Waals surface area contributed by atoms with Crippen LogP contribution in [0.5, 0.6) is 23.0 Å². The molecule has 1 saturated heterocycles. The number of anilines is 1. The van der Waals surface area contributed by atoms with Crippen molar-refractivity contribution < 1.29 is 18.9 Å². The third-order valence-electron chi connectivity index (χ3n) is 6.24. The Labute approximate surface area is 201 Å². The van der Waals surface area contributed by atoms with Crippen LogP contribution in [0.25, 0.3) is 11.3 Å². The largest absolute Gasteiger partial charge is 0.497 e. The molecule has 3 aromatic rings. The summed E-state index contributed by atoms with van der Waals surface area (Å²) in [5.74, 6) is 2.70. The lowest BCUT2D eigenvalue weighted by Gasteiger charge is -2.33. The topological polar surface area (TPSA) is 65.1 Å². The molecule has 1 aliphatic heterocycles. The molecule has 0 saturated carbocycles. The Morgan fingerprint density at radius 1 is 0.853 bits per heavy atom. The van der Waals surface area contributed by atoms with Gasteiger partial charge in [-0.3, -0.25) is 9.88 Å². The van der Waals surface area contributed by atoms with Crippen LogP contribution in [0.4, 0.5) is 5.69 Å². The highest BCUT2D eigenvalue weighted by Gasteiger charge is 2.20. The minimum atomic E-state index is 0.483. The van der Waals surface area contributed by atoms with Gasteiger partial charge in [-0.2, -0.15) is 0 Å². The van der Waals surface area contributed by atoms with Crippen molar-refractivity contribution in [1.29, 1.82) is 0 Å². The van der Waals surface area contributed by atoms with Crippen molar-refractivity contribution in [2.75, 3.05) is 46.8 Å². The van der Waals surface area contributed by atoms with Crippen molar-refractivity contribution in [3.8, 4) is 34.3 Å². The van der Waals surface area contributed by atoms with Crippen LogP contribution in [-0.2, 0) is 6.54 Å². The number of likely N-dealkylation sites (tertiary alicyclic amines) is 1. The molecule has 1 aliphatic rings. The molecule has 34 heavy (non-hydrogen) atoms. The van der Waals surface area contributed by atoms with Crippen molar-refractivity contribution in [2.24, 2.45) is 0 Å². The first kappa shape index (κ1) is 23.7. The predicted octanol–water partition coefficient (Wildman–Crippen LogP) is 4.86. The predicted molar refractivity (Wildman–Crippen MR) is 134 cm³/mol. The lowest BCUT2D eigenvalue weighted by Crippen LogP contribution is -2.38. The van der Waals surface area contributed by atoms with Gasteiger partial charge in [-0.05, 0) is 66.9 Å². The number of hydrogen-bond donors (Lipinski definition) is 1. The van der Waals surface area contributed by atoms with Crippen LogP contribution in [-0.4, -0.2) is 57.5 Å². The van der Waals surface area contributed by atoms with E-state index in [1.54, 1.807) is 28.4 Å². The highest BCUT2D eigenvalue weighted by molar-refractivity contribution is 5.69. The molecule has 2 heterocycles. The third-order valence-corrected chi connectivity index (χ3v) is 6.24. The van der Waals surface area contributed by atoms with Gasteiger partial charge in [0.15, 0.2) is 11.5 Å². The Balaban J connectivity index is 1.39.